The molecule has 0 bridgehead atoms. The van der Waals surface area contributed by atoms with Crippen molar-refractivity contribution in [1.29, 1.82) is 0 Å². The molecule has 1 aromatic carbocycles. The van der Waals surface area contributed by atoms with Gasteiger partial charge in [-0.1, -0.05) is 6.92 Å². The topological polar surface area (TPSA) is 47.0 Å². The molecule has 2 rings (SSSR count). The number of halogens is 2. The average molecular weight is 340 g/mol. The predicted molar refractivity (Wildman–Crippen MR) is 78.2 cm³/mol. The minimum absolute atomic E-state index is 0.190. The lowest BCUT2D eigenvalue weighted by Gasteiger charge is -2.07. The minimum Gasteiger partial charge on any atom is -0.423 e. The number of nitrogens with zero attached hydrogens (tertiary/aromatic N) is 2. The van der Waals surface area contributed by atoms with Gasteiger partial charge >= 0.3 is 6.01 Å². The first-order valence-corrected chi connectivity index (χ1v) is 7.13. The first-order valence-electron chi connectivity index (χ1n) is 6.33. The fourth-order valence-electron chi connectivity index (χ4n) is 1.55. The van der Waals surface area contributed by atoms with Crippen molar-refractivity contribution in [3.63, 3.8) is 0 Å². The second kappa shape index (κ2) is 7.31. The van der Waals surface area contributed by atoms with Crippen molar-refractivity contribution in [1.82, 2.24) is 15.3 Å². The summed E-state index contributed by atoms with van der Waals surface area (Å²) in [5.74, 6) is -0.0227. The van der Waals surface area contributed by atoms with E-state index in [0.29, 0.717) is 10.2 Å². The molecular weight excluding hydrogens is 325 g/mol. The number of nitrogens with one attached hydrogen (secondary N) is 1. The Bertz CT molecular complexity index is 563. The van der Waals surface area contributed by atoms with Crippen LogP contribution in [0.25, 0.3) is 0 Å². The standard InChI is InChI=1S/C14H15BrFN3O/c1-2-5-17-7-10-8-18-14(19-9-10)20-13-6-11(16)3-4-12(13)15/h3-4,6,8-9,17H,2,5,7H2,1H3. The summed E-state index contributed by atoms with van der Waals surface area (Å²) in [6.07, 6.45) is 4.46. The van der Waals surface area contributed by atoms with Gasteiger partial charge in [0.2, 0.25) is 0 Å². The van der Waals surface area contributed by atoms with Gasteiger partial charge in [0, 0.05) is 30.6 Å². The number of hydrogen-bond acceptors (Lipinski definition) is 4. The van der Waals surface area contributed by atoms with Crippen molar-refractivity contribution in [3.8, 4) is 11.8 Å². The van der Waals surface area contributed by atoms with Crippen LogP contribution < -0.4 is 10.1 Å². The summed E-state index contributed by atoms with van der Waals surface area (Å²) in [6, 6.07) is 4.40. The van der Waals surface area contributed by atoms with Crippen molar-refractivity contribution in [2.75, 3.05) is 6.54 Å². The maximum absolute atomic E-state index is 13.1. The molecule has 0 aliphatic heterocycles. The van der Waals surface area contributed by atoms with Crippen molar-refractivity contribution in [2.45, 2.75) is 19.9 Å². The molecule has 0 amide bonds. The monoisotopic (exact) mass is 339 g/mol. The van der Waals surface area contributed by atoms with E-state index in [-0.39, 0.29) is 11.8 Å². The zero-order chi connectivity index (χ0) is 14.4. The van der Waals surface area contributed by atoms with E-state index in [0.717, 1.165) is 25.1 Å². The predicted octanol–water partition coefficient (Wildman–Crippen LogP) is 3.67. The number of hydrogen-bond donors (Lipinski definition) is 1. The lowest BCUT2D eigenvalue weighted by atomic mass is 10.3. The van der Waals surface area contributed by atoms with Crippen molar-refractivity contribution < 1.29 is 9.13 Å². The lowest BCUT2D eigenvalue weighted by molar-refractivity contribution is 0.434. The van der Waals surface area contributed by atoms with Gasteiger partial charge in [-0.3, -0.25) is 0 Å². The van der Waals surface area contributed by atoms with E-state index in [4.69, 9.17) is 4.74 Å². The van der Waals surface area contributed by atoms with E-state index in [2.05, 4.69) is 38.1 Å². The van der Waals surface area contributed by atoms with Crippen LogP contribution in [0.5, 0.6) is 11.8 Å². The normalized spacial score (nSPS) is 10.6. The van der Waals surface area contributed by atoms with E-state index in [9.17, 15) is 4.39 Å². The molecule has 6 heteroatoms. The van der Waals surface area contributed by atoms with E-state index in [1.165, 1.54) is 12.1 Å². The van der Waals surface area contributed by atoms with Gasteiger partial charge in [0.1, 0.15) is 11.6 Å². The summed E-state index contributed by atoms with van der Waals surface area (Å²) in [7, 11) is 0. The van der Waals surface area contributed by atoms with Gasteiger partial charge in [-0.15, -0.1) is 0 Å². The van der Waals surface area contributed by atoms with Crippen LogP contribution >= 0.6 is 15.9 Å². The van der Waals surface area contributed by atoms with Crippen molar-refractivity contribution in [3.05, 3.63) is 46.4 Å². The van der Waals surface area contributed by atoms with Crippen LogP contribution in [0.4, 0.5) is 4.39 Å². The Kier molecular flexibility index (Phi) is 5.43. The fourth-order valence-corrected chi connectivity index (χ4v) is 1.88. The van der Waals surface area contributed by atoms with Gasteiger partial charge in [0.05, 0.1) is 4.47 Å². The molecule has 0 atom stereocenters. The third kappa shape index (κ3) is 4.25. The molecule has 0 fully saturated rings. The summed E-state index contributed by atoms with van der Waals surface area (Å²) in [5, 5.41) is 3.26. The summed E-state index contributed by atoms with van der Waals surface area (Å²) in [5.41, 5.74) is 0.976. The van der Waals surface area contributed by atoms with E-state index in [1.807, 2.05) is 0 Å². The highest BCUT2D eigenvalue weighted by molar-refractivity contribution is 9.10. The second-order valence-electron chi connectivity index (χ2n) is 4.23. The lowest BCUT2D eigenvalue weighted by Crippen LogP contribution is -2.14. The highest BCUT2D eigenvalue weighted by Crippen LogP contribution is 2.28. The number of benzene rings is 1. The van der Waals surface area contributed by atoms with Crippen LogP contribution in [-0.4, -0.2) is 16.5 Å². The Hall–Kier alpha value is -1.53. The summed E-state index contributed by atoms with van der Waals surface area (Å²) < 4.78 is 19.2. The molecule has 0 spiro atoms. The number of ether oxygens (including phenoxy) is 1. The maximum atomic E-state index is 13.1. The minimum atomic E-state index is -0.372. The quantitative estimate of drug-likeness (QED) is 0.815. The van der Waals surface area contributed by atoms with E-state index < -0.39 is 0 Å². The molecule has 4 nitrogen and oxygen atoms in total. The molecule has 0 unspecified atom stereocenters. The summed E-state index contributed by atoms with van der Waals surface area (Å²) in [6.45, 7) is 3.78. The average Bonchev–Trinajstić information content (AvgIpc) is 2.45. The summed E-state index contributed by atoms with van der Waals surface area (Å²) in [4.78, 5) is 8.21. The first-order chi connectivity index (χ1) is 9.69. The van der Waals surface area contributed by atoms with Crippen LogP contribution in [-0.2, 0) is 6.54 Å². The molecule has 106 valence electrons. The van der Waals surface area contributed by atoms with Crippen molar-refractivity contribution >= 4 is 15.9 Å². The van der Waals surface area contributed by atoms with Crippen LogP contribution in [0.3, 0.4) is 0 Å². The zero-order valence-electron chi connectivity index (χ0n) is 11.1. The highest BCUT2D eigenvalue weighted by Gasteiger charge is 2.06. The molecular formula is C14H15BrFN3O. The molecule has 0 saturated carbocycles. The zero-order valence-corrected chi connectivity index (χ0v) is 12.7. The molecule has 1 N–H and O–H groups in total. The van der Waals surface area contributed by atoms with Gasteiger partial charge in [0.25, 0.3) is 0 Å². The maximum Gasteiger partial charge on any atom is 0.321 e. The Labute approximate surface area is 125 Å². The Morgan fingerprint density at radius 2 is 2.05 bits per heavy atom. The van der Waals surface area contributed by atoms with Gasteiger partial charge in [-0.25, -0.2) is 14.4 Å². The third-order valence-electron chi connectivity index (χ3n) is 2.53. The molecule has 2 aromatic rings. The number of aromatic nitrogens is 2. The highest BCUT2D eigenvalue weighted by atomic mass is 79.9. The third-order valence-corrected chi connectivity index (χ3v) is 3.19. The number of rotatable bonds is 6. The largest absolute Gasteiger partial charge is 0.423 e. The summed E-state index contributed by atoms with van der Waals surface area (Å²) >= 11 is 3.29. The van der Waals surface area contributed by atoms with Crippen LogP contribution in [0.1, 0.15) is 18.9 Å². The first kappa shape index (κ1) is 14.9. The van der Waals surface area contributed by atoms with E-state index in [1.54, 1.807) is 18.5 Å². The smallest absolute Gasteiger partial charge is 0.321 e. The fraction of sp³-hybridized carbons (Fsp3) is 0.286. The van der Waals surface area contributed by atoms with E-state index >= 15 is 0 Å². The van der Waals surface area contributed by atoms with Crippen molar-refractivity contribution in [2.24, 2.45) is 0 Å². The Morgan fingerprint density at radius 3 is 2.75 bits per heavy atom. The van der Waals surface area contributed by atoms with Gasteiger partial charge < -0.3 is 10.1 Å². The molecule has 0 saturated heterocycles. The molecule has 0 radical (unpaired) electrons. The SMILES string of the molecule is CCCNCc1cnc(Oc2cc(F)ccc2Br)nc1. The molecule has 0 aliphatic carbocycles. The molecule has 0 aliphatic rings. The van der Waals surface area contributed by atoms with Gasteiger partial charge in [-0.05, 0) is 41.0 Å². The van der Waals surface area contributed by atoms with Crippen LogP contribution in [0, 0.1) is 5.82 Å². The molecule has 1 heterocycles. The van der Waals surface area contributed by atoms with Crippen LogP contribution in [0.15, 0.2) is 35.1 Å². The Balaban J connectivity index is 2.01. The second-order valence-corrected chi connectivity index (χ2v) is 5.08. The molecule has 1 aromatic heterocycles. The molecule has 20 heavy (non-hydrogen) atoms. The van der Waals surface area contributed by atoms with Crippen LogP contribution in [0.2, 0.25) is 0 Å². The van der Waals surface area contributed by atoms with Gasteiger partial charge in [-0.2, -0.15) is 0 Å². The Morgan fingerprint density at radius 1 is 1.30 bits per heavy atom. The van der Waals surface area contributed by atoms with Gasteiger partial charge in [0.15, 0.2) is 0 Å².